The molecule has 2 N–H and O–H groups in total. The number of aromatic nitrogens is 5. The number of aliphatic carboxylic acids is 1. The molecule has 0 radical (unpaired) electrons. The smallest absolute Gasteiger partial charge is 0.326 e. The van der Waals surface area contributed by atoms with Crippen LogP contribution in [0.1, 0.15) is 61.3 Å². The van der Waals surface area contributed by atoms with Crippen molar-refractivity contribution in [1.82, 2.24) is 25.2 Å². The van der Waals surface area contributed by atoms with Gasteiger partial charge in [0, 0.05) is 17.3 Å². The summed E-state index contributed by atoms with van der Waals surface area (Å²) >= 11 is 0. The highest BCUT2D eigenvalue weighted by molar-refractivity contribution is 5.83. The van der Waals surface area contributed by atoms with Crippen LogP contribution in [0.15, 0.2) is 85.1 Å². The first-order chi connectivity index (χ1) is 18.2. The number of hydrogen-bond acceptors (Lipinski definition) is 4. The van der Waals surface area contributed by atoms with Crippen molar-refractivity contribution in [2.45, 2.75) is 51.0 Å². The molecule has 2 heterocycles. The summed E-state index contributed by atoms with van der Waals surface area (Å²) < 4.78 is 1.90. The number of aromatic amines is 1. The van der Waals surface area contributed by atoms with Crippen LogP contribution < -0.4 is 0 Å². The largest absolute Gasteiger partial charge is 0.480 e. The third kappa shape index (κ3) is 5.31. The topological polar surface area (TPSA) is 96.7 Å². The van der Waals surface area contributed by atoms with Crippen molar-refractivity contribution >= 4 is 16.9 Å². The van der Waals surface area contributed by atoms with Crippen LogP contribution in [0.4, 0.5) is 0 Å². The lowest BCUT2D eigenvalue weighted by molar-refractivity contribution is -0.141. The number of carboxylic acid groups (broad SMARTS) is 1. The lowest BCUT2D eigenvalue weighted by Gasteiger charge is -2.24. The minimum absolute atomic E-state index is 0.165. The van der Waals surface area contributed by atoms with Crippen molar-refractivity contribution in [3.05, 3.63) is 102 Å². The molecule has 0 saturated heterocycles. The van der Waals surface area contributed by atoms with Crippen LogP contribution in [0.2, 0.25) is 0 Å². The third-order valence-corrected chi connectivity index (χ3v) is 7.11. The molecular weight excluding hydrogens is 462 g/mol. The highest BCUT2D eigenvalue weighted by atomic mass is 16.4. The number of fused-ring (bicyclic) bond motifs is 1. The molecule has 2 aromatic heterocycles. The van der Waals surface area contributed by atoms with E-state index >= 15 is 0 Å². The fourth-order valence-corrected chi connectivity index (χ4v) is 5.38. The number of hydrogen-bond donors (Lipinski definition) is 2. The Labute approximate surface area is 216 Å². The average molecular weight is 494 g/mol. The van der Waals surface area contributed by atoms with Gasteiger partial charge in [0.05, 0.1) is 0 Å². The quantitative estimate of drug-likeness (QED) is 0.222. The zero-order valence-electron chi connectivity index (χ0n) is 20.9. The standard InChI is InChI=1S/C30H31N5O2/c1-2-9-22(16-17-27(30(36)37)35-19-18-23-12-6-7-15-26(23)35)25-14-8-13-24(20-21-10-4-3-5-11-21)28(25)29-31-33-34-32-29/h3-8,10-15,18-19,22,27H,2,9,16-17,20H2,1H3,(H,36,37)(H,31,32,33,34). The van der Waals surface area contributed by atoms with Crippen LogP contribution in [0.3, 0.4) is 0 Å². The highest BCUT2D eigenvalue weighted by Crippen LogP contribution is 2.38. The lowest BCUT2D eigenvalue weighted by atomic mass is 9.83. The first-order valence-corrected chi connectivity index (χ1v) is 12.8. The van der Waals surface area contributed by atoms with Crippen LogP contribution in [0, 0.1) is 0 Å². The number of rotatable bonds is 11. The summed E-state index contributed by atoms with van der Waals surface area (Å²) in [5.41, 5.74) is 5.44. The number of nitrogens with one attached hydrogen (secondary N) is 1. The molecule has 0 aliphatic carbocycles. The Kier molecular flexibility index (Phi) is 7.40. The van der Waals surface area contributed by atoms with Crippen molar-refractivity contribution < 1.29 is 9.90 Å². The lowest BCUT2D eigenvalue weighted by Crippen LogP contribution is -2.19. The van der Waals surface area contributed by atoms with E-state index in [-0.39, 0.29) is 5.92 Å². The van der Waals surface area contributed by atoms with Gasteiger partial charge in [0.2, 0.25) is 5.82 Å². The fourth-order valence-electron chi connectivity index (χ4n) is 5.38. The van der Waals surface area contributed by atoms with E-state index in [4.69, 9.17) is 0 Å². The van der Waals surface area contributed by atoms with Crippen molar-refractivity contribution in [2.75, 3.05) is 0 Å². The molecule has 0 fully saturated rings. The van der Waals surface area contributed by atoms with Gasteiger partial charge in [0.15, 0.2) is 0 Å². The number of carboxylic acids is 1. The molecule has 7 heteroatoms. The molecule has 0 spiro atoms. The highest BCUT2D eigenvalue weighted by Gasteiger charge is 2.26. The van der Waals surface area contributed by atoms with Gasteiger partial charge in [-0.2, -0.15) is 5.21 Å². The molecule has 0 aliphatic rings. The Morgan fingerprint density at radius 3 is 2.51 bits per heavy atom. The minimum atomic E-state index is -0.812. The zero-order valence-corrected chi connectivity index (χ0v) is 20.9. The SMILES string of the molecule is CCCC(CCC(C(=O)O)n1ccc2ccccc21)c1cccc(Cc2ccccc2)c1-c1nn[nH]n1. The van der Waals surface area contributed by atoms with Gasteiger partial charge in [-0.25, -0.2) is 4.79 Å². The van der Waals surface area contributed by atoms with Crippen LogP contribution >= 0.6 is 0 Å². The molecule has 0 aliphatic heterocycles. The summed E-state index contributed by atoms with van der Waals surface area (Å²) in [5.74, 6) is -0.0699. The number of para-hydroxylation sites is 1. The molecule has 5 rings (SSSR count). The van der Waals surface area contributed by atoms with E-state index in [1.807, 2.05) is 59.3 Å². The molecule has 5 aromatic rings. The minimum Gasteiger partial charge on any atom is -0.480 e. The van der Waals surface area contributed by atoms with Crippen LogP contribution in [0.25, 0.3) is 22.3 Å². The second-order valence-electron chi connectivity index (χ2n) is 9.48. The predicted molar refractivity (Wildman–Crippen MR) is 144 cm³/mol. The predicted octanol–water partition coefficient (Wildman–Crippen LogP) is 6.40. The van der Waals surface area contributed by atoms with Crippen LogP contribution in [0.5, 0.6) is 0 Å². The first-order valence-electron chi connectivity index (χ1n) is 12.8. The average Bonchev–Trinajstić information content (AvgIpc) is 3.59. The molecular formula is C30H31N5O2. The summed E-state index contributed by atoms with van der Waals surface area (Å²) in [6.07, 6.45) is 5.83. The van der Waals surface area contributed by atoms with Crippen LogP contribution in [-0.4, -0.2) is 36.3 Å². The molecule has 37 heavy (non-hydrogen) atoms. The van der Waals surface area contributed by atoms with Crippen molar-refractivity contribution in [3.8, 4) is 11.4 Å². The van der Waals surface area contributed by atoms with E-state index in [1.165, 1.54) is 5.56 Å². The Morgan fingerprint density at radius 1 is 0.946 bits per heavy atom. The molecule has 188 valence electrons. The van der Waals surface area contributed by atoms with Crippen molar-refractivity contribution in [2.24, 2.45) is 0 Å². The molecule has 0 saturated carbocycles. The summed E-state index contributed by atoms with van der Waals surface area (Å²) in [6, 6.07) is 26.0. The van der Waals surface area contributed by atoms with E-state index in [9.17, 15) is 9.90 Å². The maximum atomic E-state index is 12.4. The monoisotopic (exact) mass is 493 g/mol. The number of tetrazole rings is 1. The van der Waals surface area contributed by atoms with E-state index in [1.54, 1.807) is 0 Å². The second-order valence-corrected chi connectivity index (χ2v) is 9.48. The van der Waals surface area contributed by atoms with Gasteiger partial charge >= 0.3 is 5.97 Å². The van der Waals surface area contributed by atoms with E-state index in [0.717, 1.165) is 53.3 Å². The normalized spacial score (nSPS) is 13.0. The molecule has 0 bridgehead atoms. The van der Waals surface area contributed by atoms with Gasteiger partial charge in [-0.15, -0.1) is 10.2 Å². The maximum Gasteiger partial charge on any atom is 0.326 e. The number of H-pyrrole nitrogens is 1. The summed E-state index contributed by atoms with van der Waals surface area (Å²) in [5, 5.41) is 26.4. The molecule has 2 unspecified atom stereocenters. The summed E-state index contributed by atoms with van der Waals surface area (Å²) in [7, 11) is 0. The molecule has 3 aromatic carbocycles. The third-order valence-electron chi connectivity index (χ3n) is 7.11. The zero-order chi connectivity index (χ0) is 25.6. The molecule has 7 nitrogen and oxygen atoms in total. The van der Waals surface area contributed by atoms with Crippen LogP contribution in [-0.2, 0) is 11.2 Å². The molecule has 0 amide bonds. The van der Waals surface area contributed by atoms with Crippen molar-refractivity contribution in [3.63, 3.8) is 0 Å². The maximum absolute atomic E-state index is 12.4. The van der Waals surface area contributed by atoms with Crippen molar-refractivity contribution in [1.29, 1.82) is 0 Å². The second kappa shape index (κ2) is 11.2. The van der Waals surface area contributed by atoms with Gasteiger partial charge in [-0.1, -0.05) is 80.1 Å². The summed E-state index contributed by atoms with van der Waals surface area (Å²) in [6.45, 7) is 2.17. The Balaban J connectivity index is 1.49. The Bertz CT molecular complexity index is 1460. The van der Waals surface area contributed by atoms with Gasteiger partial charge in [-0.3, -0.25) is 0 Å². The van der Waals surface area contributed by atoms with E-state index in [0.29, 0.717) is 12.2 Å². The Morgan fingerprint density at radius 2 is 1.76 bits per heavy atom. The van der Waals surface area contributed by atoms with Gasteiger partial charge < -0.3 is 9.67 Å². The summed E-state index contributed by atoms with van der Waals surface area (Å²) in [4.78, 5) is 12.4. The van der Waals surface area contributed by atoms with Gasteiger partial charge in [0.25, 0.3) is 0 Å². The van der Waals surface area contributed by atoms with E-state index < -0.39 is 12.0 Å². The number of nitrogens with zero attached hydrogens (tertiary/aromatic N) is 4. The first kappa shape index (κ1) is 24.4. The van der Waals surface area contributed by atoms with Gasteiger partial charge in [-0.05, 0) is 71.0 Å². The van der Waals surface area contributed by atoms with Gasteiger partial charge in [0.1, 0.15) is 6.04 Å². The molecule has 2 atom stereocenters. The Hall–Kier alpha value is -4.26. The fraction of sp³-hybridized carbons (Fsp3) is 0.267. The van der Waals surface area contributed by atoms with E-state index in [2.05, 4.69) is 57.9 Å². The number of carbonyl (C=O) groups is 1. The number of benzene rings is 3.